The molecule has 0 unspecified atom stereocenters. The highest BCUT2D eigenvalue weighted by molar-refractivity contribution is 6.11. The van der Waals surface area contributed by atoms with Crippen LogP contribution in [0.5, 0.6) is 0 Å². The molecular weight excluding hydrogens is 749 g/mol. The summed E-state index contributed by atoms with van der Waals surface area (Å²) in [6, 6.07) is 92.0. The summed E-state index contributed by atoms with van der Waals surface area (Å²) >= 11 is 0. The molecule has 0 bridgehead atoms. The average molecular weight is 791 g/mol. The van der Waals surface area contributed by atoms with E-state index < -0.39 is 0 Å². The molecule has 11 aromatic rings. The molecule has 10 aromatic carbocycles. The maximum Gasteiger partial charge on any atom is 0.0541 e. The molecule has 0 aliphatic carbocycles. The predicted molar refractivity (Wildman–Crippen MR) is 263 cm³/mol. The molecule has 2 heteroatoms. The van der Waals surface area contributed by atoms with E-state index in [1.54, 1.807) is 0 Å². The second-order valence-electron chi connectivity index (χ2n) is 15.8. The molecule has 0 saturated carbocycles. The Morgan fingerprint density at radius 2 is 0.677 bits per heavy atom. The lowest BCUT2D eigenvalue weighted by Crippen LogP contribution is -2.09. The topological polar surface area (TPSA) is 8.17 Å². The lowest BCUT2D eigenvalue weighted by Gasteiger charge is -2.26. The summed E-state index contributed by atoms with van der Waals surface area (Å²) in [5.74, 6) is 0. The molecule has 0 radical (unpaired) electrons. The third kappa shape index (κ3) is 6.94. The van der Waals surface area contributed by atoms with Crippen LogP contribution in [-0.4, -0.2) is 4.57 Å². The lowest BCUT2D eigenvalue weighted by atomic mass is 9.93. The van der Waals surface area contributed by atoms with Crippen molar-refractivity contribution in [1.82, 2.24) is 4.57 Å². The highest BCUT2D eigenvalue weighted by atomic mass is 15.1. The molecule has 62 heavy (non-hydrogen) atoms. The lowest BCUT2D eigenvalue weighted by molar-refractivity contribution is 1.18. The molecule has 0 aliphatic heterocycles. The van der Waals surface area contributed by atoms with Crippen molar-refractivity contribution < 1.29 is 0 Å². The maximum atomic E-state index is 2.44. The number of hydrogen-bond donors (Lipinski definition) is 0. The zero-order valence-corrected chi connectivity index (χ0v) is 34.1. The van der Waals surface area contributed by atoms with Crippen molar-refractivity contribution in [2.45, 2.75) is 0 Å². The molecule has 0 amide bonds. The van der Waals surface area contributed by atoms with Crippen molar-refractivity contribution >= 4 is 38.9 Å². The van der Waals surface area contributed by atoms with E-state index in [1.165, 1.54) is 71.9 Å². The van der Waals surface area contributed by atoms with Crippen LogP contribution in [0.3, 0.4) is 0 Å². The van der Waals surface area contributed by atoms with Gasteiger partial charge in [-0.3, -0.25) is 0 Å². The van der Waals surface area contributed by atoms with Gasteiger partial charge in [0.25, 0.3) is 0 Å². The molecule has 2 nitrogen and oxygen atoms in total. The van der Waals surface area contributed by atoms with E-state index in [9.17, 15) is 0 Å². The van der Waals surface area contributed by atoms with Gasteiger partial charge < -0.3 is 9.47 Å². The van der Waals surface area contributed by atoms with Crippen LogP contribution in [0.25, 0.3) is 83.1 Å². The first-order valence-corrected chi connectivity index (χ1v) is 21.3. The summed E-state index contributed by atoms with van der Waals surface area (Å²) < 4.78 is 2.44. The van der Waals surface area contributed by atoms with Crippen molar-refractivity contribution in [1.29, 1.82) is 0 Å². The van der Waals surface area contributed by atoms with Crippen LogP contribution in [0.1, 0.15) is 0 Å². The minimum atomic E-state index is 1.10. The van der Waals surface area contributed by atoms with E-state index in [1.807, 2.05) is 0 Å². The number of nitrogens with zero attached hydrogens (tertiary/aromatic N) is 2. The summed E-state index contributed by atoms with van der Waals surface area (Å²) in [7, 11) is 0. The Labute approximate surface area is 362 Å². The van der Waals surface area contributed by atoms with Crippen molar-refractivity contribution in [3.05, 3.63) is 255 Å². The molecule has 0 saturated heterocycles. The van der Waals surface area contributed by atoms with Crippen molar-refractivity contribution in [2.24, 2.45) is 0 Å². The second kappa shape index (κ2) is 16.1. The van der Waals surface area contributed by atoms with Gasteiger partial charge in [0.2, 0.25) is 0 Å². The first kappa shape index (κ1) is 36.8. The van der Waals surface area contributed by atoms with Gasteiger partial charge in [-0.05, 0) is 128 Å². The summed E-state index contributed by atoms with van der Waals surface area (Å²) in [5.41, 5.74) is 18.7. The number of aromatic nitrogens is 1. The molecule has 1 aromatic heterocycles. The zero-order valence-electron chi connectivity index (χ0n) is 34.1. The summed E-state index contributed by atoms with van der Waals surface area (Å²) in [6.07, 6.45) is 0. The van der Waals surface area contributed by atoms with E-state index in [4.69, 9.17) is 0 Å². The Morgan fingerprint density at radius 1 is 0.242 bits per heavy atom. The molecule has 0 fully saturated rings. The van der Waals surface area contributed by atoms with Gasteiger partial charge in [0.1, 0.15) is 0 Å². The van der Waals surface area contributed by atoms with Gasteiger partial charge in [0.15, 0.2) is 0 Å². The molecular formula is C60H42N2. The van der Waals surface area contributed by atoms with Gasteiger partial charge in [0, 0.05) is 33.5 Å². The standard InChI is InChI=1S/C60H42N2/c1-5-18-43(19-6-1)46-32-35-52(36-33-46)61(51-25-11-4-12-26-51)53-27-17-24-47(39-53)55-28-13-14-29-56(55)48-34-37-60-58(42-48)57-30-15-16-31-59(57)62(60)54-40-49(44-20-7-2-8-21-44)38-50(41-54)45-22-9-3-10-23-45/h1-42H. The number of fused-ring (bicyclic) bond motifs is 3. The Bertz CT molecular complexity index is 3260. The van der Waals surface area contributed by atoms with Crippen LogP contribution in [0.15, 0.2) is 255 Å². The monoisotopic (exact) mass is 790 g/mol. The van der Waals surface area contributed by atoms with E-state index >= 15 is 0 Å². The highest BCUT2D eigenvalue weighted by Crippen LogP contribution is 2.42. The zero-order chi connectivity index (χ0) is 41.2. The van der Waals surface area contributed by atoms with Gasteiger partial charge in [-0.15, -0.1) is 0 Å². The molecule has 0 N–H and O–H groups in total. The fraction of sp³-hybridized carbons (Fsp3) is 0. The molecule has 11 rings (SSSR count). The number of anilines is 3. The number of hydrogen-bond acceptors (Lipinski definition) is 1. The summed E-state index contributed by atoms with van der Waals surface area (Å²) in [5, 5.41) is 2.45. The van der Waals surface area contributed by atoms with Crippen molar-refractivity contribution in [2.75, 3.05) is 4.90 Å². The summed E-state index contributed by atoms with van der Waals surface area (Å²) in [6.45, 7) is 0. The quantitative estimate of drug-likeness (QED) is 0.141. The van der Waals surface area contributed by atoms with Gasteiger partial charge in [-0.2, -0.15) is 0 Å². The first-order chi connectivity index (χ1) is 30.7. The fourth-order valence-electron chi connectivity index (χ4n) is 9.01. The van der Waals surface area contributed by atoms with Crippen LogP contribution < -0.4 is 4.90 Å². The molecule has 1 heterocycles. The van der Waals surface area contributed by atoms with Crippen molar-refractivity contribution in [3.63, 3.8) is 0 Å². The van der Waals surface area contributed by atoms with E-state index in [-0.39, 0.29) is 0 Å². The molecule has 0 atom stereocenters. The number of rotatable bonds is 9. The largest absolute Gasteiger partial charge is 0.310 e. The molecule has 0 aliphatic rings. The Balaban J connectivity index is 1.02. The van der Waals surface area contributed by atoms with Gasteiger partial charge in [-0.1, -0.05) is 182 Å². The van der Waals surface area contributed by atoms with Crippen molar-refractivity contribution in [3.8, 4) is 61.3 Å². The van der Waals surface area contributed by atoms with E-state index in [0.29, 0.717) is 0 Å². The second-order valence-corrected chi connectivity index (χ2v) is 15.8. The van der Waals surface area contributed by atoms with Crippen LogP contribution in [-0.2, 0) is 0 Å². The minimum absolute atomic E-state index is 1.10. The Hall–Kier alpha value is -8.20. The SMILES string of the molecule is c1ccc(-c2ccc(N(c3ccccc3)c3cccc(-c4ccccc4-c4ccc5c(c4)c4ccccc4n5-c4cc(-c5ccccc5)cc(-c5ccccc5)c4)c3)cc2)cc1. The number of para-hydroxylation sites is 2. The maximum absolute atomic E-state index is 2.44. The fourth-order valence-corrected chi connectivity index (χ4v) is 9.01. The van der Waals surface area contributed by atoms with Crippen LogP contribution in [0, 0.1) is 0 Å². The molecule has 0 spiro atoms. The van der Waals surface area contributed by atoms with E-state index in [2.05, 4.69) is 264 Å². The smallest absolute Gasteiger partial charge is 0.0541 e. The predicted octanol–water partition coefficient (Wildman–Crippen LogP) is 16.6. The number of benzene rings is 10. The van der Waals surface area contributed by atoms with Crippen LogP contribution >= 0.6 is 0 Å². The van der Waals surface area contributed by atoms with Gasteiger partial charge in [0.05, 0.1) is 11.0 Å². The van der Waals surface area contributed by atoms with Gasteiger partial charge in [-0.25, -0.2) is 0 Å². The minimum Gasteiger partial charge on any atom is -0.310 e. The van der Waals surface area contributed by atoms with E-state index in [0.717, 1.165) is 28.3 Å². The average Bonchev–Trinajstić information content (AvgIpc) is 3.69. The van der Waals surface area contributed by atoms with Crippen LogP contribution in [0.4, 0.5) is 17.1 Å². The third-order valence-electron chi connectivity index (χ3n) is 12.0. The normalized spacial score (nSPS) is 11.2. The van der Waals surface area contributed by atoms with Gasteiger partial charge >= 0.3 is 0 Å². The molecule has 292 valence electrons. The highest BCUT2D eigenvalue weighted by Gasteiger charge is 2.18. The van der Waals surface area contributed by atoms with Crippen LogP contribution in [0.2, 0.25) is 0 Å². The third-order valence-corrected chi connectivity index (χ3v) is 12.0. The Kier molecular flexibility index (Phi) is 9.57. The summed E-state index contributed by atoms with van der Waals surface area (Å²) in [4.78, 5) is 2.35. The Morgan fingerprint density at radius 3 is 1.31 bits per heavy atom. The first-order valence-electron chi connectivity index (χ1n) is 21.3.